The van der Waals surface area contributed by atoms with E-state index in [4.69, 9.17) is 4.74 Å². The van der Waals surface area contributed by atoms with Crippen molar-refractivity contribution in [2.45, 2.75) is 39.0 Å². The van der Waals surface area contributed by atoms with Gasteiger partial charge in [-0.25, -0.2) is 0 Å². The molecule has 100 valence electrons. The third-order valence-electron chi connectivity index (χ3n) is 3.16. The van der Waals surface area contributed by atoms with Crippen LogP contribution in [0.4, 0.5) is 0 Å². The SMILES string of the molecule is CCCCCOCC(=O)NCCC1CCNC1. The van der Waals surface area contributed by atoms with Gasteiger partial charge in [-0.05, 0) is 38.3 Å². The van der Waals surface area contributed by atoms with Crippen LogP contribution in [0.3, 0.4) is 0 Å². The van der Waals surface area contributed by atoms with E-state index in [0.717, 1.165) is 38.4 Å². The molecule has 4 heteroatoms. The second kappa shape index (κ2) is 9.42. The van der Waals surface area contributed by atoms with Crippen molar-refractivity contribution < 1.29 is 9.53 Å². The van der Waals surface area contributed by atoms with Gasteiger partial charge in [-0.1, -0.05) is 19.8 Å². The first-order valence-corrected chi connectivity index (χ1v) is 6.88. The van der Waals surface area contributed by atoms with E-state index in [-0.39, 0.29) is 12.5 Å². The zero-order chi connectivity index (χ0) is 12.3. The lowest BCUT2D eigenvalue weighted by molar-refractivity contribution is -0.125. The Morgan fingerprint density at radius 3 is 3.06 bits per heavy atom. The van der Waals surface area contributed by atoms with Gasteiger partial charge < -0.3 is 15.4 Å². The molecular formula is C13H26N2O2. The predicted octanol–water partition coefficient (Wildman–Crippen LogP) is 1.31. The quantitative estimate of drug-likeness (QED) is 0.599. The topological polar surface area (TPSA) is 50.4 Å². The molecular weight excluding hydrogens is 216 g/mol. The number of amides is 1. The molecule has 1 fully saturated rings. The first kappa shape index (κ1) is 14.5. The minimum Gasteiger partial charge on any atom is -0.372 e. The van der Waals surface area contributed by atoms with Gasteiger partial charge in [-0.2, -0.15) is 0 Å². The number of carbonyl (C=O) groups is 1. The molecule has 1 unspecified atom stereocenters. The molecule has 0 bridgehead atoms. The minimum absolute atomic E-state index is 0.0208. The molecule has 1 aliphatic rings. The molecule has 0 aromatic rings. The van der Waals surface area contributed by atoms with Crippen LogP contribution < -0.4 is 10.6 Å². The molecule has 2 N–H and O–H groups in total. The summed E-state index contributed by atoms with van der Waals surface area (Å²) in [6.07, 6.45) is 5.73. The molecule has 1 atom stereocenters. The van der Waals surface area contributed by atoms with Gasteiger partial charge in [-0.15, -0.1) is 0 Å². The highest BCUT2D eigenvalue weighted by atomic mass is 16.5. The molecule has 17 heavy (non-hydrogen) atoms. The highest BCUT2D eigenvalue weighted by Crippen LogP contribution is 2.10. The summed E-state index contributed by atoms with van der Waals surface area (Å²) in [4.78, 5) is 11.4. The molecule has 1 heterocycles. The van der Waals surface area contributed by atoms with E-state index in [9.17, 15) is 4.79 Å². The first-order valence-electron chi connectivity index (χ1n) is 6.88. The number of carbonyl (C=O) groups excluding carboxylic acids is 1. The van der Waals surface area contributed by atoms with Crippen LogP contribution in [0.1, 0.15) is 39.0 Å². The maximum absolute atomic E-state index is 11.4. The summed E-state index contributed by atoms with van der Waals surface area (Å²) in [6.45, 7) is 6.08. The van der Waals surface area contributed by atoms with Crippen molar-refractivity contribution in [3.05, 3.63) is 0 Å². The molecule has 0 radical (unpaired) electrons. The second-order valence-corrected chi connectivity index (χ2v) is 4.76. The zero-order valence-corrected chi connectivity index (χ0v) is 11.0. The lowest BCUT2D eigenvalue weighted by atomic mass is 10.1. The number of nitrogens with one attached hydrogen (secondary N) is 2. The average molecular weight is 242 g/mol. The van der Waals surface area contributed by atoms with Gasteiger partial charge in [0.15, 0.2) is 0 Å². The number of hydrogen-bond acceptors (Lipinski definition) is 3. The van der Waals surface area contributed by atoms with Gasteiger partial charge in [0, 0.05) is 13.2 Å². The van der Waals surface area contributed by atoms with E-state index in [1.807, 2.05) is 0 Å². The van der Waals surface area contributed by atoms with Crippen molar-refractivity contribution in [3.8, 4) is 0 Å². The van der Waals surface area contributed by atoms with Crippen LogP contribution in [-0.4, -0.2) is 38.8 Å². The zero-order valence-electron chi connectivity index (χ0n) is 11.0. The Bertz CT molecular complexity index is 204. The highest BCUT2D eigenvalue weighted by Gasteiger charge is 2.13. The maximum atomic E-state index is 11.4. The molecule has 0 aromatic carbocycles. The summed E-state index contributed by atoms with van der Waals surface area (Å²) < 4.78 is 5.30. The first-order chi connectivity index (χ1) is 8.33. The van der Waals surface area contributed by atoms with E-state index in [2.05, 4.69) is 17.6 Å². The van der Waals surface area contributed by atoms with Crippen LogP contribution >= 0.6 is 0 Å². The lowest BCUT2D eigenvalue weighted by Gasteiger charge is -2.09. The van der Waals surface area contributed by atoms with Crippen molar-refractivity contribution in [3.63, 3.8) is 0 Å². The Morgan fingerprint density at radius 2 is 2.35 bits per heavy atom. The van der Waals surface area contributed by atoms with Crippen LogP contribution in [0.25, 0.3) is 0 Å². The fraction of sp³-hybridized carbons (Fsp3) is 0.923. The molecule has 0 aromatic heterocycles. The van der Waals surface area contributed by atoms with Crippen LogP contribution in [0, 0.1) is 5.92 Å². The van der Waals surface area contributed by atoms with Crippen LogP contribution in [0.15, 0.2) is 0 Å². The van der Waals surface area contributed by atoms with Gasteiger partial charge in [0.1, 0.15) is 6.61 Å². The standard InChI is InChI=1S/C13H26N2O2/c1-2-3-4-9-17-11-13(16)15-8-6-12-5-7-14-10-12/h12,14H,2-11H2,1H3,(H,15,16). The molecule has 1 aliphatic heterocycles. The van der Waals surface area contributed by atoms with Crippen molar-refractivity contribution in [2.24, 2.45) is 5.92 Å². The summed E-state index contributed by atoms with van der Waals surface area (Å²) in [7, 11) is 0. The smallest absolute Gasteiger partial charge is 0.245 e. The number of hydrogen-bond donors (Lipinski definition) is 2. The van der Waals surface area contributed by atoms with Crippen molar-refractivity contribution in [1.29, 1.82) is 0 Å². The van der Waals surface area contributed by atoms with Gasteiger partial charge in [-0.3, -0.25) is 4.79 Å². The van der Waals surface area contributed by atoms with Gasteiger partial charge in [0.25, 0.3) is 0 Å². The molecule has 1 amide bonds. The number of rotatable bonds is 9. The van der Waals surface area contributed by atoms with E-state index in [0.29, 0.717) is 6.61 Å². The van der Waals surface area contributed by atoms with E-state index < -0.39 is 0 Å². The minimum atomic E-state index is 0.0208. The Balaban J connectivity index is 1.86. The second-order valence-electron chi connectivity index (χ2n) is 4.76. The Morgan fingerprint density at radius 1 is 1.47 bits per heavy atom. The largest absolute Gasteiger partial charge is 0.372 e. The Kier molecular flexibility index (Phi) is 8.01. The molecule has 1 saturated heterocycles. The summed E-state index contributed by atoms with van der Waals surface area (Å²) >= 11 is 0. The van der Waals surface area contributed by atoms with Gasteiger partial charge in [0.05, 0.1) is 0 Å². The summed E-state index contributed by atoms with van der Waals surface area (Å²) in [5.74, 6) is 0.758. The van der Waals surface area contributed by atoms with E-state index in [1.54, 1.807) is 0 Å². The average Bonchev–Trinajstić information content (AvgIpc) is 2.82. The van der Waals surface area contributed by atoms with Crippen LogP contribution in [-0.2, 0) is 9.53 Å². The van der Waals surface area contributed by atoms with Crippen molar-refractivity contribution in [1.82, 2.24) is 10.6 Å². The molecule has 0 saturated carbocycles. The Labute approximate surface area is 104 Å². The van der Waals surface area contributed by atoms with Crippen molar-refractivity contribution in [2.75, 3.05) is 32.8 Å². The van der Waals surface area contributed by atoms with E-state index in [1.165, 1.54) is 19.3 Å². The van der Waals surface area contributed by atoms with Crippen LogP contribution in [0.2, 0.25) is 0 Å². The normalized spacial score (nSPS) is 19.5. The summed E-state index contributed by atoms with van der Waals surface area (Å²) in [5.41, 5.74) is 0. The lowest BCUT2D eigenvalue weighted by Crippen LogP contribution is -2.30. The third-order valence-corrected chi connectivity index (χ3v) is 3.16. The molecule has 4 nitrogen and oxygen atoms in total. The summed E-state index contributed by atoms with van der Waals surface area (Å²) in [6, 6.07) is 0. The van der Waals surface area contributed by atoms with Gasteiger partial charge in [0.2, 0.25) is 5.91 Å². The van der Waals surface area contributed by atoms with Crippen molar-refractivity contribution >= 4 is 5.91 Å². The third kappa shape index (κ3) is 7.34. The van der Waals surface area contributed by atoms with Gasteiger partial charge >= 0.3 is 0 Å². The van der Waals surface area contributed by atoms with E-state index >= 15 is 0 Å². The number of unbranched alkanes of at least 4 members (excludes halogenated alkanes) is 2. The highest BCUT2D eigenvalue weighted by molar-refractivity contribution is 5.77. The number of ether oxygens (including phenoxy) is 1. The Hall–Kier alpha value is -0.610. The molecule has 1 rings (SSSR count). The predicted molar refractivity (Wildman–Crippen MR) is 68.9 cm³/mol. The monoisotopic (exact) mass is 242 g/mol. The molecule has 0 spiro atoms. The maximum Gasteiger partial charge on any atom is 0.245 e. The van der Waals surface area contributed by atoms with Crippen LogP contribution in [0.5, 0.6) is 0 Å². The summed E-state index contributed by atoms with van der Waals surface area (Å²) in [5, 5.41) is 6.24. The fourth-order valence-corrected chi connectivity index (χ4v) is 2.05. The molecule has 0 aliphatic carbocycles. The fourth-order valence-electron chi connectivity index (χ4n) is 2.05.